The molecule has 1 atom stereocenters. The van der Waals surface area contributed by atoms with E-state index in [4.69, 9.17) is 0 Å². The number of aromatic nitrogens is 1. The highest BCUT2D eigenvalue weighted by molar-refractivity contribution is 7.62. The van der Waals surface area contributed by atoms with Gasteiger partial charge < -0.3 is 24.8 Å². The molecular weight excluding hydrogens is 469 g/mol. The summed E-state index contributed by atoms with van der Waals surface area (Å²) in [6, 6.07) is 2.86. The Morgan fingerprint density at radius 3 is 2.59 bits per heavy atom. The Kier molecular flexibility index (Phi) is 7.17. The molecule has 0 saturated heterocycles. The first-order valence-electron chi connectivity index (χ1n) is 10.6. The molecule has 3 rings (SSSR count). The van der Waals surface area contributed by atoms with E-state index in [1.54, 1.807) is 13.8 Å². The van der Waals surface area contributed by atoms with E-state index < -0.39 is 52.8 Å². The highest BCUT2D eigenvalue weighted by Crippen LogP contribution is 2.42. The van der Waals surface area contributed by atoms with E-state index in [2.05, 4.69) is 11.6 Å². The minimum Gasteiger partial charge on any atom is -0.503 e. The lowest BCUT2D eigenvalue weighted by molar-refractivity contribution is 0.0625. The maximum absolute atomic E-state index is 13.8. The molecule has 11 heteroatoms. The van der Waals surface area contributed by atoms with Crippen LogP contribution in [0.4, 0.5) is 8.78 Å². The first-order chi connectivity index (χ1) is 15.7. The fraction of sp³-hybridized carbons (Fsp3) is 0.391. The van der Waals surface area contributed by atoms with Gasteiger partial charge >= 0.3 is 0 Å². The zero-order chi connectivity index (χ0) is 25.4. The number of Topliss-reactive ketones (excluding diaryl/α,β-unsaturated/α-hetero) is 1. The van der Waals surface area contributed by atoms with Crippen molar-refractivity contribution in [2.45, 2.75) is 39.8 Å². The standard InChI is InChI=1S/C23H27F2N2O6P/c1-23(2)14(5-4-8-34(3,32)33)11-27-12-16(19(28)20(29)18(27)21(23)30)22(31)26-10-13-6-7-15(24)9-17(13)25/h6-7,9,12,14,29,32-33H,3-5,8,10-11H2,1-2H3,(H,26,31). The van der Waals surface area contributed by atoms with Crippen molar-refractivity contribution in [3.8, 4) is 5.75 Å². The smallest absolute Gasteiger partial charge is 0.257 e. The summed E-state index contributed by atoms with van der Waals surface area (Å²) in [4.78, 5) is 57.5. The number of nitrogens with one attached hydrogen (secondary N) is 1. The van der Waals surface area contributed by atoms with Gasteiger partial charge in [0.05, 0.1) is 0 Å². The molecule has 1 amide bonds. The van der Waals surface area contributed by atoms with Crippen molar-refractivity contribution in [2.75, 3.05) is 6.16 Å². The summed E-state index contributed by atoms with van der Waals surface area (Å²) in [5.41, 5.74) is -2.59. The Labute approximate surface area is 195 Å². The summed E-state index contributed by atoms with van der Waals surface area (Å²) in [5.74, 6) is -4.10. The second-order valence-electron chi connectivity index (χ2n) is 9.13. The zero-order valence-electron chi connectivity index (χ0n) is 18.8. The van der Waals surface area contributed by atoms with Crippen LogP contribution in [0, 0.1) is 23.0 Å². The van der Waals surface area contributed by atoms with Gasteiger partial charge in [-0.2, -0.15) is 0 Å². The number of carbonyl (C=O) groups is 2. The van der Waals surface area contributed by atoms with Crippen molar-refractivity contribution in [1.82, 2.24) is 9.88 Å². The van der Waals surface area contributed by atoms with Crippen LogP contribution in [0.3, 0.4) is 0 Å². The van der Waals surface area contributed by atoms with E-state index in [9.17, 15) is 38.1 Å². The molecule has 34 heavy (non-hydrogen) atoms. The van der Waals surface area contributed by atoms with Gasteiger partial charge in [-0.3, -0.25) is 14.4 Å². The van der Waals surface area contributed by atoms with Crippen LogP contribution in [0.2, 0.25) is 0 Å². The summed E-state index contributed by atoms with van der Waals surface area (Å²) in [7, 11) is -3.20. The molecule has 0 bridgehead atoms. The third-order valence-electron chi connectivity index (χ3n) is 6.26. The maximum Gasteiger partial charge on any atom is 0.257 e. The number of pyridine rings is 1. The fourth-order valence-corrected chi connectivity index (χ4v) is 4.82. The van der Waals surface area contributed by atoms with Crippen LogP contribution in [0.25, 0.3) is 0 Å². The molecule has 8 nitrogen and oxygen atoms in total. The number of ketones is 1. The Balaban J connectivity index is 1.88. The van der Waals surface area contributed by atoms with Gasteiger partial charge in [-0.25, -0.2) is 8.78 Å². The molecule has 2 aromatic rings. The number of hydrogen-bond acceptors (Lipinski definition) is 6. The topological polar surface area (TPSA) is 129 Å². The fourth-order valence-electron chi connectivity index (χ4n) is 4.13. The van der Waals surface area contributed by atoms with Crippen LogP contribution >= 0.6 is 7.34 Å². The van der Waals surface area contributed by atoms with Crippen LogP contribution in [0.15, 0.2) is 29.2 Å². The van der Waals surface area contributed by atoms with E-state index in [-0.39, 0.29) is 36.4 Å². The van der Waals surface area contributed by atoms with Gasteiger partial charge in [0, 0.05) is 42.5 Å². The van der Waals surface area contributed by atoms with Gasteiger partial charge in [0.1, 0.15) is 30.2 Å². The summed E-state index contributed by atoms with van der Waals surface area (Å²) in [5, 5.41) is 12.9. The van der Waals surface area contributed by atoms with Crippen molar-refractivity contribution in [3.05, 3.63) is 63.1 Å². The minimum atomic E-state index is -3.20. The first kappa shape index (κ1) is 25.8. The molecule has 0 saturated carbocycles. The number of hydrogen-bond donors (Lipinski definition) is 4. The second-order valence-corrected chi connectivity index (χ2v) is 11.3. The van der Waals surface area contributed by atoms with Crippen molar-refractivity contribution in [2.24, 2.45) is 11.3 Å². The molecule has 1 aromatic carbocycles. The molecular formula is C23H27F2N2O6P. The van der Waals surface area contributed by atoms with Gasteiger partial charge in [0.15, 0.2) is 11.5 Å². The highest BCUT2D eigenvalue weighted by Gasteiger charge is 2.44. The van der Waals surface area contributed by atoms with E-state index in [0.717, 1.165) is 12.1 Å². The van der Waals surface area contributed by atoms with Crippen LogP contribution in [0.5, 0.6) is 5.75 Å². The zero-order valence-corrected chi connectivity index (χ0v) is 19.7. The summed E-state index contributed by atoms with van der Waals surface area (Å²) < 4.78 is 28.3. The van der Waals surface area contributed by atoms with Crippen molar-refractivity contribution >= 4 is 25.3 Å². The van der Waals surface area contributed by atoms with Crippen LogP contribution < -0.4 is 10.7 Å². The lowest BCUT2D eigenvalue weighted by Gasteiger charge is -2.39. The molecule has 1 aliphatic heterocycles. The number of benzene rings is 1. The first-order valence-corrected chi connectivity index (χ1v) is 12.7. The maximum atomic E-state index is 13.8. The molecule has 0 radical (unpaired) electrons. The van der Waals surface area contributed by atoms with E-state index in [1.165, 1.54) is 10.8 Å². The summed E-state index contributed by atoms with van der Waals surface area (Å²) in [6.45, 7) is 3.26. The molecule has 184 valence electrons. The van der Waals surface area contributed by atoms with Gasteiger partial charge in [-0.1, -0.05) is 26.2 Å². The number of nitrogens with zero attached hydrogens (tertiary/aromatic N) is 1. The third kappa shape index (κ3) is 5.29. The van der Waals surface area contributed by atoms with E-state index >= 15 is 0 Å². The lowest BCUT2D eigenvalue weighted by Crippen LogP contribution is -2.44. The Hall–Kier alpha value is -2.81. The lowest BCUT2D eigenvalue weighted by atomic mass is 9.70. The monoisotopic (exact) mass is 496 g/mol. The molecule has 0 aliphatic carbocycles. The van der Waals surface area contributed by atoms with Gasteiger partial charge in [-0.15, -0.1) is 0 Å². The van der Waals surface area contributed by atoms with Crippen molar-refractivity contribution in [1.29, 1.82) is 0 Å². The SMILES string of the molecule is C=P(O)(O)CCCC1Cn2cc(C(=O)NCc3ccc(F)cc3F)c(=O)c(O)c2C(=O)C1(C)C. The molecule has 2 heterocycles. The molecule has 1 aliphatic rings. The highest BCUT2D eigenvalue weighted by atomic mass is 31.2. The third-order valence-corrected chi connectivity index (χ3v) is 7.29. The second kappa shape index (κ2) is 9.44. The molecule has 4 N–H and O–H groups in total. The molecule has 0 fully saturated rings. The number of halogens is 2. The Bertz CT molecular complexity index is 1250. The van der Waals surface area contributed by atoms with Gasteiger partial charge in [-0.05, 0) is 24.8 Å². The predicted octanol–water partition coefficient (Wildman–Crippen LogP) is 2.65. The van der Waals surface area contributed by atoms with Crippen molar-refractivity contribution < 1.29 is 33.3 Å². The number of rotatable bonds is 7. The van der Waals surface area contributed by atoms with E-state index in [0.29, 0.717) is 18.9 Å². The quantitative estimate of drug-likeness (QED) is 0.437. The average Bonchev–Trinajstić information content (AvgIpc) is 2.72. The van der Waals surface area contributed by atoms with Crippen LogP contribution in [-0.2, 0) is 13.1 Å². The Morgan fingerprint density at radius 1 is 1.29 bits per heavy atom. The number of fused-ring (bicyclic) bond motifs is 1. The van der Waals surface area contributed by atoms with Crippen molar-refractivity contribution in [3.63, 3.8) is 0 Å². The minimum absolute atomic E-state index is 0.00567. The average molecular weight is 496 g/mol. The molecule has 0 spiro atoms. The summed E-state index contributed by atoms with van der Waals surface area (Å²) >= 11 is 0. The number of aromatic hydroxyl groups is 1. The normalized spacial score (nSPS) is 17.4. The van der Waals surface area contributed by atoms with Crippen LogP contribution in [-0.4, -0.2) is 43.6 Å². The summed E-state index contributed by atoms with van der Waals surface area (Å²) in [6.07, 6.45) is 5.48. The number of carbonyl (C=O) groups excluding carboxylic acids is 2. The van der Waals surface area contributed by atoms with E-state index in [1.807, 2.05) is 0 Å². The molecule has 1 aromatic heterocycles. The van der Waals surface area contributed by atoms with Gasteiger partial charge in [0.2, 0.25) is 5.43 Å². The van der Waals surface area contributed by atoms with Gasteiger partial charge in [0.25, 0.3) is 5.91 Å². The largest absolute Gasteiger partial charge is 0.503 e. The predicted molar refractivity (Wildman–Crippen MR) is 124 cm³/mol. The molecule has 1 unspecified atom stereocenters. The Morgan fingerprint density at radius 2 is 1.97 bits per heavy atom. The van der Waals surface area contributed by atoms with Crippen LogP contribution in [0.1, 0.15) is 53.1 Å². The number of amides is 1.